The van der Waals surface area contributed by atoms with Crippen molar-refractivity contribution in [2.24, 2.45) is 5.10 Å². The molecule has 1 fully saturated rings. The van der Waals surface area contributed by atoms with Crippen LogP contribution in [0.15, 0.2) is 106 Å². The Morgan fingerprint density at radius 1 is 0.814 bits per heavy atom. The van der Waals surface area contributed by atoms with Crippen molar-refractivity contribution >= 4 is 32.2 Å². The Morgan fingerprint density at radius 3 is 2.00 bits per heavy atom. The zero-order chi connectivity index (χ0) is 30.8. The van der Waals surface area contributed by atoms with Gasteiger partial charge in [-0.2, -0.15) is 13.7 Å². The lowest BCUT2D eigenvalue weighted by molar-refractivity contribution is -0.125. The van der Waals surface area contributed by atoms with E-state index < -0.39 is 32.0 Å². The third-order valence-electron chi connectivity index (χ3n) is 7.47. The van der Waals surface area contributed by atoms with Gasteiger partial charge in [0, 0.05) is 42.3 Å². The van der Waals surface area contributed by atoms with E-state index >= 15 is 0 Å². The number of carbonyl (C=O) groups is 1. The molecule has 0 bridgehead atoms. The second kappa shape index (κ2) is 12.3. The minimum absolute atomic E-state index is 0.0132. The largest absolute Gasteiger partial charge is 0.318 e. The third-order valence-corrected chi connectivity index (χ3v) is 11.3. The Morgan fingerprint density at radius 2 is 1.40 bits per heavy atom. The highest BCUT2D eigenvalue weighted by molar-refractivity contribution is 7.89. The highest BCUT2D eigenvalue weighted by Crippen LogP contribution is 2.26. The minimum atomic E-state index is -4.11. The van der Waals surface area contributed by atoms with Crippen molar-refractivity contribution < 1.29 is 21.6 Å². The van der Waals surface area contributed by atoms with Gasteiger partial charge >= 0.3 is 0 Å². The van der Waals surface area contributed by atoms with E-state index in [9.17, 15) is 21.6 Å². The molecule has 4 aromatic rings. The predicted molar refractivity (Wildman–Crippen MR) is 165 cm³/mol. The van der Waals surface area contributed by atoms with Crippen molar-refractivity contribution in [2.75, 3.05) is 19.6 Å². The summed E-state index contributed by atoms with van der Waals surface area (Å²) in [5.41, 5.74) is 7.26. The summed E-state index contributed by atoms with van der Waals surface area (Å²) in [6.45, 7) is 5.25. The van der Waals surface area contributed by atoms with Crippen LogP contribution in [-0.2, 0) is 24.8 Å². The molecule has 12 heteroatoms. The molecule has 1 amide bonds. The zero-order valence-electron chi connectivity index (χ0n) is 24.1. The summed E-state index contributed by atoms with van der Waals surface area (Å²) < 4.78 is 58.2. The van der Waals surface area contributed by atoms with E-state index in [1.807, 2.05) is 51.1 Å². The highest BCUT2D eigenvalue weighted by Gasteiger charge is 2.43. The lowest BCUT2D eigenvalue weighted by Gasteiger charge is -2.38. The lowest BCUT2D eigenvalue weighted by atomic mass is 10.2. The molecule has 43 heavy (non-hydrogen) atoms. The van der Waals surface area contributed by atoms with Crippen LogP contribution < -0.4 is 5.43 Å². The van der Waals surface area contributed by atoms with Gasteiger partial charge in [0.2, 0.25) is 20.0 Å². The fraction of sp³-hybridized carbons (Fsp3) is 0.226. The summed E-state index contributed by atoms with van der Waals surface area (Å²) in [5, 5.41) is 4.15. The van der Waals surface area contributed by atoms with Crippen LogP contribution in [0.1, 0.15) is 22.5 Å². The summed E-state index contributed by atoms with van der Waals surface area (Å²) in [4.78, 5) is 13.6. The molecule has 5 rings (SSSR count). The average Bonchev–Trinajstić information content (AvgIpc) is 3.30. The van der Waals surface area contributed by atoms with Crippen LogP contribution in [0.2, 0.25) is 0 Å². The topological polar surface area (TPSA) is 121 Å². The van der Waals surface area contributed by atoms with Crippen molar-refractivity contribution in [3.8, 4) is 5.69 Å². The SMILES string of the molecule is Cc1ccc(-n2c(C)cc(/C=N/NC(=O)C3CN(S(=O)(=O)c4ccccc4)CCN3S(=O)(=O)c3ccccc3)c2C)cc1. The lowest BCUT2D eigenvalue weighted by Crippen LogP contribution is -2.60. The maximum Gasteiger partial charge on any atom is 0.259 e. The molecule has 0 spiro atoms. The zero-order valence-corrected chi connectivity index (χ0v) is 25.7. The molecular weight excluding hydrogens is 587 g/mol. The molecule has 1 aromatic heterocycles. The van der Waals surface area contributed by atoms with Gasteiger partial charge in [0.15, 0.2) is 0 Å². The molecule has 224 valence electrons. The van der Waals surface area contributed by atoms with Crippen molar-refractivity contribution in [3.63, 3.8) is 0 Å². The van der Waals surface area contributed by atoms with Crippen LogP contribution in [0.25, 0.3) is 5.69 Å². The van der Waals surface area contributed by atoms with Gasteiger partial charge in [0.25, 0.3) is 5.91 Å². The molecule has 0 aliphatic carbocycles. The monoisotopic (exact) mass is 619 g/mol. The van der Waals surface area contributed by atoms with Crippen molar-refractivity contribution in [1.82, 2.24) is 18.6 Å². The van der Waals surface area contributed by atoms with Crippen LogP contribution in [0.5, 0.6) is 0 Å². The number of rotatable bonds is 8. The molecule has 0 radical (unpaired) electrons. The first kappa shape index (κ1) is 30.4. The van der Waals surface area contributed by atoms with Gasteiger partial charge in [-0.1, -0.05) is 54.1 Å². The van der Waals surface area contributed by atoms with Gasteiger partial charge in [-0.3, -0.25) is 4.79 Å². The maximum atomic E-state index is 13.6. The van der Waals surface area contributed by atoms with Gasteiger partial charge in [0.1, 0.15) is 6.04 Å². The van der Waals surface area contributed by atoms with E-state index in [-0.39, 0.29) is 29.4 Å². The number of piperazine rings is 1. The second-order valence-electron chi connectivity index (χ2n) is 10.4. The van der Waals surface area contributed by atoms with Crippen LogP contribution in [0, 0.1) is 20.8 Å². The molecule has 1 unspecified atom stereocenters. The average molecular weight is 620 g/mol. The number of aromatic nitrogens is 1. The predicted octanol–water partition coefficient (Wildman–Crippen LogP) is 3.62. The Bertz CT molecular complexity index is 1850. The Kier molecular flexibility index (Phi) is 8.65. The highest BCUT2D eigenvalue weighted by atomic mass is 32.2. The number of benzene rings is 3. The number of hydrogen-bond acceptors (Lipinski definition) is 6. The van der Waals surface area contributed by atoms with Crippen molar-refractivity contribution in [3.05, 3.63) is 114 Å². The Balaban J connectivity index is 1.41. The molecule has 1 N–H and O–H groups in total. The first-order valence-corrected chi connectivity index (χ1v) is 16.6. The summed E-state index contributed by atoms with van der Waals surface area (Å²) in [7, 11) is -8.09. The summed E-state index contributed by atoms with van der Waals surface area (Å²) >= 11 is 0. The third kappa shape index (κ3) is 6.18. The molecule has 3 aromatic carbocycles. The summed E-state index contributed by atoms with van der Waals surface area (Å²) in [6, 6.07) is 24.3. The first-order valence-electron chi connectivity index (χ1n) is 13.7. The van der Waals surface area contributed by atoms with Crippen LogP contribution >= 0.6 is 0 Å². The number of amides is 1. The molecule has 1 aliphatic heterocycles. The number of hydrazone groups is 1. The van der Waals surface area contributed by atoms with Crippen LogP contribution in [0.3, 0.4) is 0 Å². The molecule has 1 saturated heterocycles. The number of nitrogens with zero attached hydrogens (tertiary/aromatic N) is 4. The molecule has 0 saturated carbocycles. The summed E-state index contributed by atoms with van der Waals surface area (Å²) in [5.74, 6) is -0.740. The normalized spacial score (nSPS) is 16.9. The van der Waals surface area contributed by atoms with Gasteiger partial charge < -0.3 is 4.57 Å². The second-order valence-corrected chi connectivity index (χ2v) is 14.2. The van der Waals surface area contributed by atoms with E-state index in [0.717, 1.165) is 36.8 Å². The molecule has 10 nitrogen and oxygen atoms in total. The number of nitrogens with one attached hydrogen (secondary N) is 1. The standard InChI is InChI=1S/C31H33N5O5S2/c1-23-14-16-27(17-15-23)36-24(2)20-26(25(36)3)21-32-33-31(37)30-22-34(42(38,39)28-10-6-4-7-11-28)18-19-35(30)43(40,41)29-12-8-5-9-13-29/h4-17,20-21,30H,18-19,22H2,1-3H3,(H,33,37)/b32-21+. The molecule has 1 atom stereocenters. The fourth-order valence-electron chi connectivity index (χ4n) is 5.18. The minimum Gasteiger partial charge on any atom is -0.318 e. The van der Waals surface area contributed by atoms with E-state index in [1.165, 1.54) is 30.5 Å². The van der Waals surface area contributed by atoms with Crippen LogP contribution in [-0.4, -0.2) is 67.8 Å². The van der Waals surface area contributed by atoms with Crippen LogP contribution in [0.4, 0.5) is 0 Å². The number of sulfonamides is 2. The number of hydrogen-bond donors (Lipinski definition) is 1. The fourth-order valence-corrected chi connectivity index (χ4v) is 8.23. The quantitative estimate of drug-likeness (QED) is 0.239. The Labute approximate surface area is 252 Å². The van der Waals surface area contributed by atoms with Crippen molar-refractivity contribution in [2.45, 2.75) is 36.6 Å². The first-order chi connectivity index (χ1) is 20.5. The van der Waals surface area contributed by atoms with E-state index in [0.29, 0.717) is 0 Å². The van der Waals surface area contributed by atoms with Gasteiger partial charge in [0.05, 0.1) is 16.0 Å². The molecule has 2 heterocycles. The van der Waals surface area contributed by atoms with Gasteiger partial charge in [-0.25, -0.2) is 22.3 Å². The number of carbonyl (C=O) groups excluding carboxylic acids is 1. The number of aryl methyl sites for hydroxylation is 2. The van der Waals surface area contributed by atoms with E-state index in [1.54, 1.807) is 36.4 Å². The molecular formula is C31H33N5O5S2. The maximum absolute atomic E-state index is 13.6. The van der Waals surface area contributed by atoms with Gasteiger partial charge in [-0.05, 0) is 63.2 Å². The summed E-state index contributed by atoms with van der Waals surface area (Å²) in [6.07, 6.45) is 1.50. The van der Waals surface area contributed by atoms with E-state index in [2.05, 4.69) is 15.1 Å². The molecule has 1 aliphatic rings. The van der Waals surface area contributed by atoms with E-state index in [4.69, 9.17) is 0 Å². The Hall–Kier alpha value is -4.10. The smallest absolute Gasteiger partial charge is 0.259 e. The van der Waals surface area contributed by atoms with Crippen molar-refractivity contribution in [1.29, 1.82) is 0 Å². The van der Waals surface area contributed by atoms with Gasteiger partial charge in [-0.15, -0.1) is 0 Å².